The average molecular weight is 731 g/mol. The number of hydrogen-bond donors (Lipinski definition) is 0. The van der Waals surface area contributed by atoms with E-state index in [2.05, 4.69) is 60.7 Å². The molecule has 3 atom stereocenters. The van der Waals surface area contributed by atoms with Crippen molar-refractivity contribution >= 4 is 11.8 Å². The number of fused-ring (bicyclic) bond motifs is 1. The molecule has 3 aliphatic rings. The van der Waals surface area contributed by atoms with Crippen LogP contribution in [0.3, 0.4) is 0 Å². The van der Waals surface area contributed by atoms with Crippen LogP contribution in [0, 0.1) is 23.7 Å². The zero-order chi connectivity index (χ0) is 37.6. The summed E-state index contributed by atoms with van der Waals surface area (Å²) in [5.74, 6) is 1.96. The van der Waals surface area contributed by atoms with Crippen molar-refractivity contribution in [1.82, 2.24) is 9.80 Å². The Morgan fingerprint density at radius 2 is 1.06 bits per heavy atom. The van der Waals surface area contributed by atoms with E-state index in [-0.39, 0.29) is 11.8 Å². The zero-order valence-electron chi connectivity index (χ0n) is 32.2. The second kappa shape index (κ2) is 17.0. The first-order chi connectivity index (χ1) is 26.4. The molecule has 7 rings (SSSR count). The number of carbonyl (C=O) groups excluding carboxylic acids is 2. The maximum absolute atomic E-state index is 15.3. The van der Waals surface area contributed by atoms with E-state index in [1.807, 2.05) is 40.1 Å². The Kier molecular flexibility index (Phi) is 11.8. The first kappa shape index (κ1) is 37.3. The molecule has 0 radical (unpaired) electrons. The highest BCUT2D eigenvalue weighted by Gasteiger charge is 2.49. The number of rotatable bonds is 11. The first-order valence-electron chi connectivity index (χ1n) is 19.5. The quantitative estimate of drug-likeness (QED) is 0.158. The van der Waals surface area contributed by atoms with E-state index in [0.717, 1.165) is 55.2 Å². The second-order valence-electron chi connectivity index (χ2n) is 15.3. The van der Waals surface area contributed by atoms with E-state index in [4.69, 9.17) is 18.9 Å². The van der Waals surface area contributed by atoms with Gasteiger partial charge in [-0.2, -0.15) is 0 Å². The smallest absolute Gasteiger partial charge is 0.227 e. The Bertz CT molecular complexity index is 1880. The highest BCUT2D eigenvalue weighted by Crippen LogP contribution is 2.50. The summed E-state index contributed by atoms with van der Waals surface area (Å²) >= 11 is 0. The molecule has 4 aromatic rings. The Hall–Kier alpha value is -4.98. The molecule has 54 heavy (non-hydrogen) atoms. The molecule has 2 aliphatic heterocycles. The van der Waals surface area contributed by atoms with Gasteiger partial charge in [0.05, 0.1) is 40.3 Å². The third-order valence-electron chi connectivity index (χ3n) is 12.2. The van der Waals surface area contributed by atoms with Gasteiger partial charge < -0.3 is 28.7 Å². The molecule has 2 amide bonds. The van der Waals surface area contributed by atoms with Gasteiger partial charge in [0.25, 0.3) is 0 Å². The van der Waals surface area contributed by atoms with Crippen LogP contribution < -0.4 is 18.9 Å². The SMILES string of the molecule is COc1ccc(C2c3cc(OC)c(OC)cc3CC(C(=O)N3CCC(Cc4ccccc4)CC3)C2C(=O)N2CCC(Cc3ccccc3)CC2)cc1OC. The van der Waals surface area contributed by atoms with Crippen LogP contribution in [0.4, 0.5) is 0 Å². The fourth-order valence-electron chi connectivity index (χ4n) is 9.24. The largest absolute Gasteiger partial charge is 0.493 e. The number of hydrogen-bond acceptors (Lipinski definition) is 6. The Labute approximate surface area is 320 Å². The van der Waals surface area contributed by atoms with Crippen LogP contribution in [0.1, 0.15) is 59.4 Å². The predicted molar refractivity (Wildman–Crippen MR) is 211 cm³/mol. The van der Waals surface area contributed by atoms with Gasteiger partial charge >= 0.3 is 0 Å². The minimum absolute atomic E-state index is 0.0469. The zero-order valence-corrected chi connectivity index (χ0v) is 32.2. The van der Waals surface area contributed by atoms with Crippen LogP contribution in [-0.4, -0.2) is 76.2 Å². The van der Waals surface area contributed by atoms with Crippen molar-refractivity contribution in [2.45, 2.75) is 50.9 Å². The normalized spacial score (nSPS) is 20.6. The van der Waals surface area contributed by atoms with Crippen molar-refractivity contribution in [3.63, 3.8) is 0 Å². The molecule has 0 saturated carbocycles. The Balaban J connectivity index is 1.23. The molecule has 0 bridgehead atoms. The molecule has 8 nitrogen and oxygen atoms in total. The molecule has 284 valence electrons. The summed E-state index contributed by atoms with van der Waals surface area (Å²) in [6.07, 6.45) is 6.24. The monoisotopic (exact) mass is 730 g/mol. The van der Waals surface area contributed by atoms with Crippen LogP contribution in [0.25, 0.3) is 0 Å². The van der Waals surface area contributed by atoms with Crippen molar-refractivity contribution in [1.29, 1.82) is 0 Å². The van der Waals surface area contributed by atoms with Crippen molar-refractivity contribution < 1.29 is 28.5 Å². The van der Waals surface area contributed by atoms with Crippen LogP contribution in [0.15, 0.2) is 91.0 Å². The van der Waals surface area contributed by atoms with E-state index in [1.165, 1.54) is 11.1 Å². The minimum atomic E-state index is -0.617. The molecule has 0 aromatic heterocycles. The van der Waals surface area contributed by atoms with Crippen molar-refractivity contribution in [3.8, 4) is 23.0 Å². The highest BCUT2D eigenvalue weighted by molar-refractivity contribution is 5.90. The number of ether oxygens (including phenoxy) is 4. The van der Waals surface area contributed by atoms with Crippen LogP contribution in [0.2, 0.25) is 0 Å². The molecule has 2 heterocycles. The molecule has 1 aliphatic carbocycles. The summed E-state index contributed by atoms with van der Waals surface area (Å²) in [4.78, 5) is 34.4. The number of methoxy groups -OCH3 is 4. The van der Waals surface area contributed by atoms with Gasteiger partial charge in [0.2, 0.25) is 11.8 Å². The van der Waals surface area contributed by atoms with Gasteiger partial charge in [-0.25, -0.2) is 0 Å². The van der Waals surface area contributed by atoms with Crippen LogP contribution >= 0.6 is 0 Å². The summed E-state index contributed by atoms with van der Waals surface area (Å²) < 4.78 is 23.0. The highest BCUT2D eigenvalue weighted by atomic mass is 16.5. The van der Waals surface area contributed by atoms with Crippen LogP contribution in [-0.2, 0) is 28.9 Å². The van der Waals surface area contributed by atoms with Crippen molar-refractivity contribution in [2.75, 3.05) is 54.6 Å². The van der Waals surface area contributed by atoms with Crippen molar-refractivity contribution in [3.05, 3.63) is 119 Å². The molecular formula is C46H54N2O6. The molecule has 2 fully saturated rings. The van der Waals surface area contributed by atoms with Crippen molar-refractivity contribution in [2.24, 2.45) is 23.7 Å². The molecule has 0 spiro atoms. The van der Waals surface area contributed by atoms with Gasteiger partial charge in [0.1, 0.15) is 0 Å². The fourth-order valence-corrected chi connectivity index (χ4v) is 9.24. The van der Waals surface area contributed by atoms with E-state index < -0.39 is 17.8 Å². The summed E-state index contributed by atoms with van der Waals surface area (Å²) in [6, 6.07) is 31.1. The third kappa shape index (κ3) is 7.94. The maximum Gasteiger partial charge on any atom is 0.227 e. The van der Waals surface area contributed by atoms with Crippen LogP contribution in [0.5, 0.6) is 23.0 Å². The van der Waals surface area contributed by atoms with E-state index >= 15 is 9.59 Å². The minimum Gasteiger partial charge on any atom is -0.493 e. The van der Waals surface area contributed by atoms with Gasteiger partial charge in [-0.15, -0.1) is 0 Å². The van der Waals surface area contributed by atoms with E-state index in [0.29, 0.717) is 67.4 Å². The predicted octanol–water partition coefficient (Wildman–Crippen LogP) is 7.60. The van der Waals surface area contributed by atoms with E-state index in [9.17, 15) is 0 Å². The summed E-state index contributed by atoms with van der Waals surface area (Å²) in [5.41, 5.74) is 5.55. The third-order valence-corrected chi connectivity index (χ3v) is 12.2. The van der Waals surface area contributed by atoms with E-state index in [1.54, 1.807) is 28.4 Å². The fraction of sp³-hybridized carbons (Fsp3) is 0.435. The molecule has 0 N–H and O–H groups in total. The lowest BCUT2D eigenvalue weighted by Crippen LogP contribution is -2.52. The summed E-state index contributed by atoms with van der Waals surface area (Å²) in [6.45, 7) is 2.74. The molecule has 2 saturated heterocycles. The average Bonchev–Trinajstić information content (AvgIpc) is 3.23. The lowest BCUT2D eigenvalue weighted by molar-refractivity contribution is -0.149. The molecule has 8 heteroatoms. The molecular weight excluding hydrogens is 677 g/mol. The first-order valence-corrected chi connectivity index (χ1v) is 19.5. The topological polar surface area (TPSA) is 77.5 Å². The molecule has 4 aromatic carbocycles. The Morgan fingerprint density at radius 3 is 1.57 bits per heavy atom. The second-order valence-corrected chi connectivity index (χ2v) is 15.3. The maximum atomic E-state index is 15.3. The number of carbonyl (C=O) groups is 2. The number of amides is 2. The number of benzene rings is 4. The van der Waals surface area contributed by atoms with Gasteiger partial charge in [-0.3, -0.25) is 9.59 Å². The van der Waals surface area contributed by atoms with Gasteiger partial charge in [-0.1, -0.05) is 66.7 Å². The number of likely N-dealkylation sites (tertiary alicyclic amines) is 2. The number of nitrogens with zero attached hydrogens (tertiary/aromatic N) is 2. The lowest BCUT2D eigenvalue weighted by atomic mass is 9.65. The summed E-state index contributed by atoms with van der Waals surface area (Å²) in [7, 11) is 6.51. The molecule has 3 unspecified atom stereocenters. The lowest BCUT2D eigenvalue weighted by Gasteiger charge is -2.44. The van der Waals surface area contributed by atoms with Gasteiger partial charge in [-0.05, 0) is 109 Å². The number of piperidine rings is 2. The summed E-state index contributed by atoms with van der Waals surface area (Å²) in [5, 5.41) is 0. The Morgan fingerprint density at radius 1 is 0.574 bits per heavy atom. The van der Waals surface area contributed by atoms with Gasteiger partial charge in [0.15, 0.2) is 23.0 Å². The standard InChI is InChI=1S/C46H54N2O6/c1-51-39-16-15-35(28-40(39)52-2)43-37-30-42(54-4)41(53-3)29-36(37)27-38(45(49)47-21-17-33(18-22-47)25-31-11-7-5-8-12-31)44(43)46(50)48-23-19-34(20-24-48)26-32-13-9-6-10-14-32/h5-16,28-30,33-34,38,43-44H,17-27H2,1-4H3. The van der Waals surface area contributed by atoms with Gasteiger partial charge in [0, 0.05) is 32.1 Å².